The Kier molecular flexibility index (Phi) is 3.88. The van der Waals surface area contributed by atoms with Crippen LogP contribution >= 0.6 is 7.26 Å². The second-order valence-electron chi connectivity index (χ2n) is 4.17. The Labute approximate surface area is 66.7 Å². The van der Waals surface area contributed by atoms with E-state index in [1.807, 2.05) is 0 Å². The van der Waals surface area contributed by atoms with Crippen LogP contribution < -0.4 is 0 Å². The van der Waals surface area contributed by atoms with Gasteiger partial charge in [-0.3, -0.25) is 0 Å². The molecule has 0 heterocycles. The molecule has 0 saturated carbocycles. The van der Waals surface area contributed by atoms with E-state index in [0.717, 1.165) is 11.3 Å². The Hall–Kier alpha value is 0.430. The van der Waals surface area contributed by atoms with E-state index in [4.69, 9.17) is 0 Å². The Bertz CT molecular complexity index is 86.9. The molecule has 0 saturated heterocycles. The van der Waals surface area contributed by atoms with Gasteiger partial charge in [-0.25, -0.2) is 0 Å². The molecule has 0 spiro atoms. The molecule has 0 aromatic heterocycles. The Balaban J connectivity index is 4.23. The van der Waals surface area contributed by atoms with Crippen LogP contribution in [0.15, 0.2) is 0 Å². The maximum absolute atomic E-state index is 2.53. The summed E-state index contributed by atoms with van der Waals surface area (Å²) < 4.78 is 0. The van der Waals surface area contributed by atoms with Crippen molar-refractivity contribution in [2.24, 2.45) is 0 Å². The molecule has 0 bridgehead atoms. The first-order chi connectivity index (χ1) is 4.45. The molecule has 0 atom stereocenters. The standard InChI is InChI=1S/C9H23P/c1-7-10(6,8(2)3)9(4)5/h8-10H,7H2,1-6H3. The molecule has 0 unspecified atom stereocenters. The van der Waals surface area contributed by atoms with E-state index in [9.17, 15) is 0 Å². The number of hydrogen-bond acceptors (Lipinski definition) is 0. The number of hydrogen-bond donors (Lipinski definition) is 0. The van der Waals surface area contributed by atoms with E-state index in [-0.39, 0.29) is 0 Å². The molecular weight excluding hydrogens is 139 g/mol. The molecule has 0 aliphatic heterocycles. The summed E-state index contributed by atoms with van der Waals surface area (Å²) >= 11 is 0. The summed E-state index contributed by atoms with van der Waals surface area (Å²) in [6, 6.07) is 0. The molecule has 64 valence electrons. The molecule has 0 amide bonds. The van der Waals surface area contributed by atoms with E-state index in [2.05, 4.69) is 41.3 Å². The van der Waals surface area contributed by atoms with Crippen LogP contribution in [0.1, 0.15) is 34.6 Å². The molecule has 1 heteroatoms. The van der Waals surface area contributed by atoms with Crippen molar-refractivity contribution < 1.29 is 0 Å². The predicted molar refractivity (Wildman–Crippen MR) is 55.1 cm³/mol. The van der Waals surface area contributed by atoms with Gasteiger partial charge in [0.05, 0.1) is 0 Å². The normalized spacial score (nSPS) is 14.8. The molecule has 0 aliphatic carbocycles. The average molecular weight is 162 g/mol. The van der Waals surface area contributed by atoms with Crippen molar-refractivity contribution in [1.82, 2.24) is 0 Å². The van der Waals surface area contributed by atoms with E-state index in [1.165, 1.54) is 6.16 Å². The monoisotopic (exact) mass is 162 g/mol. The topological polar surface area (TPSA) is 0 Å². The quantitative estimate of drug-likeness (QED) is 0.559. The first-order valence-corrected chi connectivity index (χ1v) is 7.31. The van der Waals surface area contributed by atoms with Crippen LogP contribution in [0.25, 0.3) is 0 Å². The summed E-state index contributed by atoms with van der Waals surface area (Å²) in [5.74, 6) is 0. The van der Waals surface area contributed by atoms with Crippen LogP contribution in [0.2, 0.25) is 0 Å². The SMILES string of the molecule is CC[PH](C)(C(C)C)C(C)C. The van der Waals surface area contributed by atoms with Crippen LogP contribution in [0.3, 0.4) is 0 Å². The van der Waals surface area contributed by atoms with Crippen LogP contribution in [-0.2, 0) is 0 Å². The second kappa shape index (κ2) is 3.72. The van der Waals surface area contributed by atoms with E-state index >= 15 is 0 Å². The van der Waals surface area contributed by atoms with E-state index < -0.39 is 7.26 Å². The van der Waals surface area contributed by atoms with Crippen molar-refractivity contribution in [2.45, 2.75) is 45.9 Å². The van der Waals surface area contributed by atoms with Gasteiger partial charge in [-0.2, -0.15) is 0 Å². The molecule has 0 aliphatic rings. The van der Waals surface area contributed by atoms with Gasteiger partial charge in [0.2, 0.25) is 0 Å². The van der Waals surface area contributed by atoms with Crippen LogP contribution in [-0.4, -0.2) is 24.1 Å². The van der Waals surface area contributed by atoms with Gasteiger partial charge >= 0.3 is 66.0 Å². The molecule has 0 radical (unpaired) electrons. The van der Waals surface area contributed by atoms with Crippen LogP contribution in [0, 0.1) is 0 Å². The van der Waals surface area contributed by atoms with Crippen molar-refractivity contribution in [3.8, 4) is 0 Å². The molecule has 0 N–H and O–H groups in total. The Morgan fingerprint density at radius 3 is 1.30 bits per heavy atom. The van der Waals surface area contributed by atoms with Gasteiger partial charge in [-0.15, -0.1) is 0 Å². The summed E-state index contributed by atoms with van der Waals surface area (Å²) in [5.41, 5.74) is 1.88. The zero-order valence-electron chi connectivity index (χ0n) is 8.36. The van der Waals surface area contributed by atoms with E-state index in [0.29, 0.717) is 0 Å². The minimum absolute atomic E-state index is 0.878. The summed E-state index contributed by atoms with van der Waals surface area (Å²) in [4.78, 5) is 0. The van der Waals surface area contributed by atoms with Crippen LogP contribution in [0.4, 0.5) is 0 Å². The van der Waals surface area contributed by atoms with Gasteiger partial charge in [-0.1, -0.05) is 0 Å². The van der Waals surface area contributed by atoms with Gasteiger partial charge in [-0.05, 0) is 0 Å². The summed E-state index contributed by atoms with van der Waals surface area (Å²) in [7, 11) is -0.878. The molecule has 0 fully saturated rings. The molecule has 10 heavy (non-hydrogen) atoms. The van der Waals surface area contributed by atoms with Gasteiger partial charge < -0.3 is 0 Å². The van der Waals surface area contributed by atoms with Crippen molar-refractivity contribution >= 4 is 7.26 Å². The first-order valence-electron chi connectivity index (χ1n) is 4.45. The van der Waals surface area contributed by atoms with Gasteiger partial charge in [0, 0.05) is 0 Å². The first kappa shape index (κ1) is 10.4. The third-order valence-electron chi connectivity index (χ3n) is 3.40. The van der Waals surface area contributed by atoms with Crippen LogP contribution in [0.5, 0.6) is 0 Å². The van der Waals surface area contributed by atoms with E-state index in [1.54, 1.807) is 0 Å². The van der Waals surface area contributed by atoms with Gasteiger partial charge in [0.15, 0.2) is 0 Å². The molecule has 0 aromatic rings. The third kappa shape index (κ3) is 1.95. The zero-order chi connectivity index (χ0) is 8.36. The summed E-state index contributed by atoms with van der Waals surface area (Å²) in [6.45, 7) is 14.4. The maximum atomic E-state index is 2.53. The van der Waals surface area contributed by atoms with Gasteiger partial charge in [0.25, 0.3) is 0 Å². The van der Waals surface area contributed by atoms with Crippen molar-refractivity contribution in [3.05, 3.63) is 0 Å². The summed E-state index contributed by atoms with van der Waals surface area (Å²) in [5, 5.41) is 0. The third-order valence-corrected chi connectivity index (χ3v) is 10.2. The average Bonchev–Trinajstić information content (AvgIpc) is 1.85. The second-order valence-corrected chi connectivity index (χ2v) is 10.2. The van der Waals surface area contributed by atoms with Crippen molar-refractivity contribution in [3.63, 3.8) is 0 Å². The van der Waals surface area contributed by atoms with Crippen molar-refractivity contribution in [1.29, 1.82) is 0 Å². The Morgan fingerprint density at radius 2 is 1.30 bits per heavy atom. The fourth-order valence-corrected chi connectivity index (χ4v) is 4.45. The van der Waals surface area contributed by atoms with Crippen molar-refractivity contribution in [2.75, 3.05) is 12.8 Å². The molecule has 0 aromatic carbocycles. The minimum atomic E-state index is -0.878. The fraction of sp³-hybridized carbons (Fsp3) is 1.00. The predicted octanol–water partition coefficient (Wildman–Crippen LogP) is 3.20. The Morgan fingerprint density at radius 1 is 1.00 bits per heavy atom. The molecule has 0 rings (SSSR count). The molecular formula is C9H23P. The molecule has 0 nitrogen and oxygen atoms in total. The fourth-order valence-electron chi connectivity index (χ4n) is 1.48. The number of rotatable bonds is 3. The van der Waals surface area contributed by atoms with Gasteiger partial charge in [0.1, 0.15) is 0 Å². The summed E-state index contributed by atoms with van der Waals surface area (Å²) in [6.07, 6.45) is 1.43. The zero-order valence-corrected chi connectivity index (χ0v) is 9.36.